The van der Waals surface area contributed by atoms with Crippen molar-refractivity contribution in [2.45, 2.75) is 19.4 Å². The minimum absolute atomic E-state index is 0.364. The number of aliphatic hydroxyl groups is 1. The number of likely N-dealkylation sites (N-methyl/N-ethyl adjacent to an activating group) is 1. The normalized spacial score (nSPS) is 13.5. The Morgan fingerprint density at radius 1 is 1.60 bits per heavy atom. The molecule has 0 aromatic carbocycles. The van der Waals surface area contributed by atoms with E-state index in [2.05, 4.69) is 5.32 Å². The van der Waals surface area contributed by atoms with Gasteiger partial charge in [0.25, 0.3) is 0 Å². The zero-order valence-electron chi connectivity index (χ0n) is 6.76. The molecule has 0 heterocycles. The van der Waals surface area contributed by atoms with Gasteiger partial charge in [-0.3, -0.25) is 0 Å². The van der Waals surface area contributed by atoms with Crippen LogP contribution >= 0.6 is 0 Å². The second-order valence-corrected chi connectivity index (χ2v) is 2.29. The summed E-state index contributed by atoms with van der Waals surface area (Å²) in [4.78, 5) is 0. The van der Waals surface area contributed by atoms with Crippen molar-refractivity contribution in [2.24, 2.45) is 0 Å². The van der Waals surface area contributed by atoms with Crippen molar-refractivity contribution in [1.82, 2.24) is 5.32 Å². The Hall–Kier alpha value is -0.120. The van der Waals surface area contributed by atoms with E-state index in [9.17, 15) is 0 Å². The van der Waals surface area contributed by atoms with Crippen molar-refractivity contribution in [3.05, 3.63) is 0 Å². The van der Waals surface area contributed by atoms with E-state index >= 15 is 0 Å². The maximum absolute atomic E-state index is 9.09. The summed E-state index contributed by atoms with van der Waals surface area (Å²) in [5.74, 6) is 0. The lowest BCUT2D eigenvalue weighted by atomic mass is 10.4. The summed E-state index contributed by atoms with van der Waals surface area (Å²) >= 11 is 0. The van der Waals surface area contributed by atoms with Crippen LogP contribution in [0.3, 0.4) is 0 Å². The molecule has 0 amide bonds. The number of nitrogens with one attached hydrogen (secondary N) is 1. The maximum Gasteiger partial charge on any atom is 0.0897 e. The summed E-state index contributed by atoms with van der Waals surface area (Å²) in [6, 6.07) is 0. The summed E-state index contributed by atoms with van der Waals surface area (Å²) in [5, 5.41) is 12.0. The first kappa shape index (κ1) is 9.88. The quantitative estimate of drug-likeness (QED) is 0.519. The Kier molecular flexibility index (Phi) is 6.91. The van der Waals surface area contributed by atoms with E-state index in [1.54, 1.807) is 0 Å². The highest BCUT2D eigenvalue weighted by Crippen LogP contribution is 1.85. The van der Waals surface area contributed by atoms with E-state index in [0.717, 1.165) is 13.0 Å². The summed E-state index contributed by atoms with van der Waals surface area (Å²) in [6.07, 6.45) is 0.642. The van der Waals surface area contributed by atoms with Crippen LogP contribution in [0.25, 0.3) is 0 Å². The van der Waals surface area contributed by atoms with Crippen molar-refractivity contribution in [2.75, 3.05) is 26.8 Å². The minimum atomic E-state index is -0.364. The molecule has 0 saturated carbocycles. The van der Waals surface area contributed by atoms with E-state index < -0.39 is 0 Å². The van der Waals surface area contributed by atoms with Gasteiger partial charge in [0.1, 0.15) is 0 Å². The fourth-order valence-electron chi connectivity index (χ4n) is 0.658. The first-order chi connectivity index (χ1) is 4.81. The Balaban J connectivity index is 2.97. The van der Waals surface area contributed by atoms with Crippen molar-refractivity contribution in [3.63, 3.8) is 0 Å². The zero-order chi connectivity index (χ0) is 7.82. The molecule has 1 unspecified atom stereocenters. The lowest BCUT2D eigenvalue weighted by Gasteiger charge is -2.09. The molecule has 0 aliphatic heterocycles. The van der Waals surface area contributed by atoms with Gasteiger partial charge >= 0.3 is 0 Å². The van der Waals surface area contributed by atoms with Crippen molar-refractivity contribution < 1.29 is 9.84 Å². The third kappa shape index (κ3) is 6.01. The molecule has 0 aliphatic rings. The van der Waals surface area contributed by atoms with Crippen LogP contribution in [-0.2, 0) is 4.74 Å². The highest BCUT2D eigenvalue weighted by Gasteiger charge is 2.00. The molecule has 2 N–H and O–H groups in total. The molecule has 0 radical (unpaired) electrons. The second-order valence-electron chi connectivity index (χ2n) is 2.29. The molecular formula is C7H17NO2. The molecule has 0 aliphatic carbocycles. The molecule has 10 heavy (non-hydrogen) atoms. The van der Waals surface area contributed by atoms with Crippen LogP contribution in [0.1, 0.15) is 13.3 Å². The summed E-state index contributed by atoms with van der Waals surface area (Å²) in [7, 11) is 1.81. The van der Waals surface area contributed by atoms with Gasteiger partial charge < -0.3 is 15.2 Å². The van der Waals surface area contributed by atoms with Gasteiger partial charge in [-0.2, -0.15) is 0 Å². The molecule has 0 spiro atoms. The van der Waals surface area contributed by atoms with Crippen LogP contribution in [0.2, 0.25) is 0 Å². The van der Waals surface area contributed by atoms with E-state index in [0.29, 0.717) is 13.2 Å². The molecule has 3 nitrogen and oxygen atoms in total. The summed E-state index contributed by atoms with van der Waals surface area (Å²) < 4.78 is 5.11. The van der Waals surface area contributed by atoms with Gasteiger partial charge in [-0.1, -0.05) is 6.92 Å². The van der Waals surface area contributed by atoms with E-state index in [1.165, 1.54) is 0 Å². The minimum Gasteiger partial charge on any atom is -0.389 e. The molecule has 3 heteroatoms. The molecule has 1 atom stereocenters. The van der Waals surface area contributed by atoms with Gasteiger partial charge in [0.2, 0.25) is 0 Å². The summed E-state index contributed by atoms with van der Waals surface area (Å²) in [5.41, 5.74) is 0. The Morgan fingerprint density at radius 2 is 2.30 bits per heavy atom. The third-order valence-corrected chi connectivity index (χ3v) is 1.10. The van der Waals surface area contributed by atoms with Crippen LogP contribution in [0.15, 0.2) is 0 Å². The Morgan fingerprint density at radius 3 is 2.80 bits per heavy atom. The predicted octanol–water partition coefficient (Wildman–Crippen LogP) is -0.00670. The standard InChI is InChI=1S/C7H17NO2/c1-3-4-10-6-7(9)5-8-2/h7-9H,3-6H2,1-2H3. The Bertz CT molecular complexity index is 68.6. The maximum atomic E-state index is 9.09. The molecule has 0 aromatic rings. The third-order valence-electron chi connectivity index (χ3n) is 1.10. The molecule has 0 saturated heterocycles. The van der Waals surface area contributed by atoms with E-state index in [-0.39, 0.29) is 6.10 Å². The van der Waals surface area contributed by atoms with Gasteiger partial charge in [0.15, 0.2) is 0 Å². The fourth-order valence-corrected chi connectivity index (χ4v) is 0.658. The second kappa shape index (κ2) is 6.99. The van der Waals surface area contributed by atoms with Crippen molar-refractivity contribution in [3.8, 4) is 0 Å². The first-order valence-electron chi connectivity index (χ1n) is 3.71. The van der Waals surface area contributed by atoms with Crippen LogP contribution < -0.4 is 5.32 Å². The predicted molar refractivity (Wildman–Crippen MR) is 41.0 cm³/mol. The van der Waals surface area contributed by atoms with Crippen LogP contribution in [0.5, 0.6) is 0 Å². The number of hydrogen-bond acceptors (Lipinski definition) is 3. The number of aliphatic hydroxyl groups excluding tert-OH is 1. The summed E-state index contributed by atoms with van der Waals surface area (Å²) in [6.45, 7) is 3.82. The van der Waals surface area contributed by atoms with E-state index in [1.807, 2.05) is 14.0 Å². The SMILES string of the molecule is CCCOCC(O)CNC. The van der Waals surface area contributed by atoms with Crippen molar-refractivity contribution >= 4 is 0 Å². The lowest BCUT2D eigenvalue weighted by Crippen LogP contribution is -2.27. The average molecular weight is 147 g/mol. The molecule has 0 bridgehead atoms. The molecule has 62 valence electrons. The highest BCUT2D eigenvalue weighted by molar-refractivity contribution is 4.54. The number of rotatable bonds is 6. The topological polar surface area (TPSA) is 41.5 Å². The van der Waals surface area contributed by atoms with E-state index in [4.69, 9.17) is 9.84 Å². The zero-order valence-corrected chi connectivity index (χ0v) is 6.76. The largest absolute Gasteiger partial charge is 0.389 e. The first-order valence-corrected chi connectivity index (χ1v) is 3.71. The van der Waals surface area contributed by atoms with Crippen molar-refractivity contribution in [1.29, 1.82) is 0 Å². The van der Waals surface area contributed by atoms with Crippen LogP contribution in [0, 0.1) is 0 Å². The van der Waals surface area contributed by atoms with Gasteiger partial charge in [-0.15, -0.1) is 0 Å². The molecular weight excluding hydrogens is 130 g/mol. The Labute approximate surface area is 62.4 Å². The molecule has 0 rings (SSSR count). The molecule has 0 aromatic heterocycles. The van der Waals surface area contributed by atoms with Gasteiger partial charge in [-0.05, 0) is 13.5 Å². The van der Waals surface area contributed by atoms with Gasteiger partial charge in [0, 0.05) is 13.2 Å². The number of ether oxygens (including phenoxy) is 1. The average Bonchev–Trinajstić information content (AvgIpc) is 1.89. The van der Waals surface area contributed by atoms with Gasteiger partial charge in [-0.25, -0.2) is 0 Å². The van der Waals surface area contributed by atoms with Gasteiger partial charge in [0.05, 0.1) is 12.7 Å². The molecule has 0 fully saturated rings. The van der Waals surface area contributed by atoms with Crippen LogP contribution in [0.4, 0.5) is 0 Å². The fraction of sp³-hybridized carbons (Fsp3) is 1.00. The number of hydrogen-bond donors (Lipinski definition) is 2. The monoisotopic (exact) mass is 147 g/mol. The van der Waals surface area contributed by atoms with Crippen LogP contribution in [-0.4, -0.2) is 38.0 Å². The highest BCUT2D eigenvalue weighted by atomic mass is 16.5. The lowest BCUT2D eigenvalue weighted by molar-refractivity contribution is 0.0383. The smallest absolute Gasteiger partial charge is 0.0897 e.